The Morgan fingerprint density at radius 2 is 1.48 bits per heavy atom. The number of para-hydroxylation sites is 1. The summed E-state index contributed by atoms with van der Waals surface area (Å²) in [5.74, 6) is 0. The van der Waals surface area contributed by atoms with Gasteiger partial charge in [-0.05, 0) is 12.1 Å². The van der Waals surface area contributed by atoms with Gasteiger partial charge in [0.1, 0.15) is 13.3 Å². The molecule has 0 bridgehead atoms. The minimum atomic E-state index is -1.92. The molecule has 0 radical (unpaired) electrons. The lowest BCUT2D eigenvalue weighted by Gasteiger charge is -2.28. The third-order valence-corrected chi connectivity index (χ3v) is 3.04. The molecule has 2 aromatic carbocycles. The van der Waals surface area contributed by atoms with E-state index in [1.54, 1.807) is 48.5 Å². The number of carbonyl (C=O) groups is 1. The van der Waals surface area contributed by atoms with Crippen LogP contribution in [0, 0.1) is 0 Å². The molecule has 2 rings (SSSR count). The van der Waals surface area contributed by atoms with Crippen LogP contribution in [0.15, 0.2) is 60.7 Å². The second-order valence-corrected chi connectivity index (χ2v) is 4.51. The number of rotatable bonds is 5. The third-order valence-electron chi connectivity index (χ3n) is 3.04. The maximum atomic E-state index is 13.4. The lowest BCUT2D eigenvalue weighted by molar-refractivity contribution is -0.0224. The van der Waals surface area contributed by atoms with Crippen molar-refractivity contribution in [2.45, 2.75) is 5.60 Å². The van der Waals surface area contributed by atoms with E-state index < -0.39 is 25.0 Å². The molecule has 3 nitrogen and oxygen atoms in total. The van der Waals surface area contributed by atoms with Gasteiger partial charge in [0.15, 0.2) is 5.60 Å². The average molecular weight is 291 g/mol. The first-order valence-corrected chi connectivity index (χ1v) is 6.43. The fourth-order valence-corrected chi connectivity index (χ4v) is 1.89. The number of anilines is 1. The van der Waals surface area contributed by atoms with E-state index in [2.05, 4.69) is 5.32 Å². The number of amides is 1. The van der Waals surface area contributed by atoms with Crippen LogP contribution in [0.25, 0.3) is 0 Å². The molecule has 0 fully saturated rings. The fourth-order valence-electron chi connectivity index (χ4n) is 1.89. The Balaban J connectivity index is 2.15. The summed E-state index contributed by atoms with van der Waals surface area (Å²) >= 11 is 0. The van der Waals surface area contributed by atoms with E-state index in [-0.39, 0.29) is 5.56 Å². The number of ether oxygens (including phenoxy) is 1. The van der Waals surface area contributed by atoms with E-state index in [4.69, 9.17) is 4.74 Å². The van der Waals surface area contributed by atoms with Gasteiger partial charge in [0.2, 0.25) is 0 Å². The third kappa shape index (κ3) is 3.56. The van der Waals surface area contributed by atoms with Crippen LogP contribution in [0.2, 0.25) is 0 Å². The molecule has 2 aromatic rings. The van der Waals surface area contributed by atoms with Crippen LogP contribution < -0.4 is 5.32 Å². The Kier molecular flexibility index (Phi) is 4.87. The summed E-state index contributed by atoms with van der Waals surface area (Å²) in [6.07, 6.45) is -0.902. The van der Waals surface area contributed by atoms with Crippen molar-refractivity contribution in [1.29, 1.82) is 0 Å². The summed E-state index contributed by atoms with van der Waals surface area (Å²) in [5.41, 5.74) is -1.15. The molecule has 0 aliphatic heterocycles. The Morgan fingerprint density at radius 3 is 2.00 bits per heavy atom. The van der Waals surface area contributed by atoms with Crippen molar-refractivity contribution in [2.75, 3.05) is 18.7 Å². The van der Waals surface area contributed by atoms with Crippen LogP contribution in [-0.4, -0.2) is 19.4 Å². The Morgan fingerprint density at radius 1 is 0.952 bits per heavy atom. The van der Waals surface area contributed by atoms with Crippen molar-refractivity contribution in [3.8, 4) is 0 Å². The molecule has 0 unspecified atom stereocenters. The number of carbonyl (C=O) groups excluding carboxylic acids is 1. The molecule has 0 spiro atoms. The van der Waals surface area contributed by atoms with Crippen molar-refractivity contribution >= 4 is 11.8 Å². The molecular formula is C16H15F2NO2. The average Bonchev–Trinajstić information content (AvgIpc) is 2.54. The highest BCUT2D eigenvalue weighted by Gasteiger charge is 2.37. The summed E-state index contributed by atoms with van der Waals surface area (Å²) in [6.45, 7) is -2.29. The number of hydrogen-bond donors (Lipinski definition) is 1. The second kappa shape index (κ2) is 6.83. The maximum Gasteiger partial charge on any atom is 0.412 e. The number of benzene rings is 2. The van der Waals surface area contributed by atoms with E-state index >= 15 is 0 Å². The first kappa shape index (κ1) is 15.0. The van der Waals surface area contributed by atoms with Crippen LogP contribution in [0.1, 0.15) is 5.56 Å². The first-order valence-electron chi connectivity index (χ1n) is 6.43. The minimum Gasteiger partial charge on any atom is -0.432 e. The highest BCUT2D eigenvalue weighted by Crippen LogP contribution is 2.28. The van der Waals surface area contributed by atoms with Crippen molar-refractivity contribution in [1.82, 2.24) is 0 Å². The van der Waals surface area contributed by atoms with Crippen LogP contribution in [-0.2, 0) is 10.3 Å². The predicted molar refractivity (Wildman–Crippen MR) is 76.6 cm³/mol. The van der Waals surface area contributed by atoms with Crippen LogP contribution in [0.5, 0.6) is 0 Å². The van der Waals surface area contributed by atoms with Crippen LogP contribution in [0.4, 0.5) is 19.3 Å². The summed E-state index contributed by atoms with van der Waals surface area (Å²) in [5, 5.41) is 2.44. The van der Waals surface area contributed by atoms with Crippen molar-refractivity contribution in [3.05, 3.63) is 66.2 Å². The zero-order chi connectivity index (χ0) is 15.1. The lowest BCUT2D eigenvalue weighted by Crippen LogP contribution is -2.38. The smallest absolute Gasteiger partial charge is 0.412 e. The van der Waals surface area contributed by atoms with Crippen molar-refractivity contribution in [2.24, 2.45) is 0 Å². The van der Waals surface area contributed by atoms with Gasteiger partial charge >= 0.3 is 6.09 Å². The van der Waals surface area contributed by atoms with Gasteiger partial charge in [-0.15, -0.1) is 0 Å². The highest BCUT2D eigenvalue weighted by atomic mass is 19.1. The lowest BCUT2D eigenvalue weighted by atomic mass is 9.96. The van der Waals surface area contributed by atoms with E-state index in [1.165, 1.54) is 12.1 Å². The summed E-state index contributed by atoms with van der Waals surface area (Å²) in [7, 11) is 0. The van der Waals surface area contributed by atoms with Crippen molar-refractivity contribution in [3.63, 3.8) is 0 Å². The fraction of sp³-hybridized carbons (Fsp3) is 0.188. The molecule has 5 heteroatoms. The minimum absolute atomic E-state index is 0.276. The monoisotopic (exact) mass is 291 g/mol. The molecule has 0 aliphatic rings. The van der Waals surface area contributed by atoms with Gasteiger partial charge in [-0.3, -0.25) is 5.32 Å². The first-order chi connectivity index (χ1) is 10.2. The van der Waals surface area contributed by atoms with Gasteiger partial charge in [-0.1, -0.05) is 48.5 Å². The van der Waals surface area contributed by atoms with E-state index in [1.807, 2.05) is 0 Å². The van der Waals surface area contributed by atoms with Gasteiger partial charge in [0, 0.05) is 11.3 Å². The molecule has 0 saturated heterocycles. The molecule has 0 aromatic heterocycles. The van der Waals surface area contributed by atoms with Gasteiger partial charge in [0.05, 0.1) is 0 Å². The number of hydrogen-bond acceptors (Lipinski definition) is 2. The van der Waals surface area contributed by atoms with Crippen LogP contribution in [0.3, 0.4) is 0 Å². The molecule has 0 atom stereocenters. The zero-order valence-corrected chi connectivity index (χ0v) is 11.3. The molecule has 0 heterocycles. The van der Waals surface area contributed by atoms with Gasteiger partial charge in [-0.25, -0.2) is 13.6 Å². The second-order valence-electron chi connectivity index (χ2n) is 4.51. The highest BCUT2D eigenvalue weighted by molar-refractivity contribution is 5.84. The predicted octanol–water partition coefficient (Wildman–Crippen LogP) is 4.07. The van der Waals surface area contributed by atoms with Gasteiger partial charge < -0.3 is 4.74 Å². The molecular weight excluding hydrogens is 276 g/mol. The summed E-state index contributed by atoms with van der Waals surface area (Å²) in [6, 6.07) is 16.6. The number of halogens is 2. The topological polar surface area (TPSA) is 38.3 Å². The van der Waals surface area contributed by atoms with E-state index in [0.29, 0.717) is 5.69 Å². The Hall–Kier alpha value is -2.43. The Bertz CT molecular complexity index is 571. The Labute approximate surface area is 121 Å². The molecule has 110 valence electrons. The normalized spacial score (nSPS) is 11.0. The van der Waals surface area contributed by atoms with Crippen molar-refractivity contribution < 1.29 is 18.3 Å². The maximum absolute atomic E-state index is 13.4. The molecule has 1 N–H and O–H groups in total. The quantitative estimate of drug-likeness (QED) is 0.901. The molecule has 21 heavy (non-hydrogen) atoms. The summed E-state index contributed by atoms with van der Waals surface area (Å²) in [4.78, 5) is 11.9. The van der Waals surface area contributed by atoms with E-state index in [9.17, 15) is 13.6 Å². The van der Waals surface area contributed by atoms with E-state index in [0.717, 1.165) is 0 Å². The molecule has 1 amide bonds. The van der Waals surface area contributed by atoms with Gasteiger partial charge in [-0.2, -0.15) is 0 Å². The number of nitrogens with one attached hydrogen (secondary N) is 1. The largest absolute Gasteiger partial charge is 0.432 e. The number of alkyl halides is 2. The molecule has 0 saturated carbocycles. The molecule has 0 aliphatic carbocycles. The zero-order valence-electron chi connectivity index (χ0n) is 11.3. The SMILES string of the molecule is O=C(Nc1ccccc1)OC(CF)(CF)c1ccccc1. The van der Waals surface area contributed by atoms with Crippen LogP contribution >= 0.6 is 0 Å². The standard InChI is InChI=1S/C16H15F2NO2/c17-11-16(12-18,13-7-3-1-4-8-13)21-15(20)19-14-9-5-2-6-10-14/h1-10H,11-12H2,(H,19,20). The van der Waals surface area contributed by atoms with Gasteiger partial charge in [0.25, 0.3) is 0 Å². The summed E-state index contributed by atoms with van der Waals surface area (Å²) < 4.78 is 31.7.